The highest BCUT2D eigenvalue weighted by atomic mass is 32.1. The smallest absolute Gasteiger partial charge is 0.255 e. The highest BCUT2D eigenvalue weighted by Gasteiger charge is 2.23. The highest BCUT2D eigenvalue weighted by Crippen LogP contribution is 2.31. The van der Waals surface area contributed by atoms with Gasteiger partial charge in [-0.2, -0.15) is 0 Å². The molecule has 0 radical (unpaired) electrons. The average molecular weight is 471 g/mol. The third-order valence-corrected chi connectivity index (χ3v) is 6.49. The quantitative estimate of drug-likeness (QED) is 0.366. The molecule has 34 heavy (non-hydrogen) atoms. The van der Waals surface area contributed by atoms with Crippen molar-refractivity contribution in [3.05, 3.63) is 77.9 Å². The summed E-state index contributed by atoms with van der Waals surface area (Å²) in [7, 11) is 0. The van der Waals surface area contributed by atoms with E-state index in [2.05, 4.69) is 20.9 Å². The first-order valence-corrected chi connectivity index (χ1v) is 11.8. The van der Waals surface area contributed by atoms with E-state index in [9.17, 15) is 14.4 Å². The topological polar surface area (TPSA) is 100 Å². The van der Waals surface area contributed by atoms with E-state index in [1.807, 2.05) is 36.4 Å². The number of rotatable bonds is 6. The Labute approximate surface area is 200 Å². The Morgan fingerprint density at radius 1 is 0.824 bits per heavy atom. The zero-order valence-corrected chi connectivity index (χ0v) is 19.2. The zero-order chi connectivity index (χ0) is 23.7. The fraction of sp³-hybridized carbons (Fsp3) is 0.154. The first-order chi connectivity index (χ1) is 16.4. The Balaban J connectivity index is 1.29. The van der Waals surface area contributed by atoms with Crippen LogP contribution in [0.1, 0.15) is 40.5 Å². The maximum atomic E-state index is 12.7. The number of nitrogens with one attached hydrogen (secondary N) is 3. The molecule has 0 unspecified atom stereocenters. The molecule has 1 saturated carbocycles. The summed E-state index contributed by atoms with van der Waals surface area (Å²) in [5.74, 6) is -0.419. The van der Waals surface area contributed by atoms with Gasteiger partial charge in [0.25, 0.3) is 11.8 Å². The molecule has 3 amide bonds. The first kappa shape index (κ1) is 21.8. The molecular formula is C26H22N4O3S. The number of hydrogen-bond acceptors (Lipinski definition) is 5. The van der Waals surface area contributed by atoms with Gasteiger partial charge < -0.3 is 16.0 Å². The van der Waals surface area contributed by atoms with E-state index >= 15 is 0 Å². The summed E-state index contributed by atoms with van der Waals surface area (Å²) in [6, 6.07) is 20.1. The SMILES string of the molecule is CC(=O)Nc1ccc(NC(=O)c2ccc3nc(-c4ccc(C(=O)NC5CC5)cc4)sc3c2)cc1. The number of amides is 3. The van der Waals surface area contributed by atoms with Crippen molar-refractivity contribution in [3.63, 3.8) is 0 Å². The number of aromatic nitrogens is 1. The van der Waals surface area contributed by atoms with Gasteiger partial charge in [-0.15, -0.1) is 11.3 Å². The number of nitrogens with zero attached hydrogens (tertiary/aromatic N) is 1. The number of fused-ring (bicyclic) bond motifs is 1. The summed E-state index contributed by atoms with van der Waals surface area (Å²) in [6.45, 7) is 1.44. The minimum absolute atomic E-state index is 0.0428. The lowest BCUT2D eigenvalue weighted by Gasteiger charge is -2.07. The predicted molar refractivity (Wildman–Crippen MR) is 134 cm³/mol. The molecule has 0 bridgehead atoms. The lowest BCUT2D eigenvalue weighted by Crippen LogP contribution is -2.25. The second-order valence-corrected chi connectivity index (χ2v) is 9.27. The average Bonchev–Trinajstić information content (AvgIpc) is 3.54. The van der Waals surface area contributed by atoms with Crippen molar-refractivity contribution in [3.8, 4) is 10.6 Å². The van der Waals surface area contributed by atoms with Crippen molar-refractivity contribution in [1.82, 2.24) is 10.3 Å². The Bertz CT molecular complexity index is 1390. The summed E-state index contributed by atoms with van der Waals surface area (Å²) < 4.78 is 0.902. The van der Waals surface area contributed by atoms with Crippen LogP contribution < -0.4 is 16.0 Å². The van der Waals surface area contributed by atoms with Gasteiger partial charge in [-0.05, 0) is 67.4 Å². The van der Waals surface area contributed by atoms with Gasteiger partial charge in [-0.1, -0.05) is 12.1 Å². The van der Waals surface area contributed by atoms with E-state index < -0.39 is 0 Å². The molecule has 0 saturated heterocycles. The second-order valence-electron chi connectivity index (χ2n) is 8.24. The summed E-state index contributed by atoms with van der Waals surface area (Å²) in [6.07, 6.45) is 2.11. The Hall–Kier alpha value is -4.04. The summed E-state index contributed by atoms with van der Waals surface area (Å²) in [5, 5.41) is 9.38. The third kappa shape index (κ3) is 4.97. The van der Waals surface area contributed by atoms with Crippen LogP contribution >= 0.6 is 11.3 Å². The monoisotopic (exact) mass is 470 g/mol. The zero-order valence-electron chi connectivity index (χ0n) is 18.4. The van der Waals surface area contributed by atoms with E-state index in [1.54, 1.807) is 30.3 Å². The van der Waals surface area contributed by atoms with Crippen LogP contribution in [0.3, 0.4) is 0 Å². The Morgan fingerprint density at radius 3 is 2.12 bits per heavy atom. The van der Waals surface area contributed by atoms with Crippen molar-refractivity contribution >= 4 is 50.6 Å². The van der Waals surface area contributed by atoms with Gasteiger partial charge in [-0.25, -0.2) is 4.98 Å². The van der Waals surface area contributed by atoms with Crippen LogP contribution in [0.2, 0.25) is 0 Å². The molecule has 7 nitrogen and oxygen atoms in total. The minimum atomic E-state index is -0.227. The molecule has 8 heteroatoms. The number of carbonyl (C=O) groups is 3. The van der Waals surface area contributed by atoms with Crippen molar-refractivity contribution in [1.29, 1.82) is 0 Å². The highest BCUT2D eigenvalue weighted by molar-refractivity contribution is 7.21. The van der Waals surface area contributed by atoms with Crippen LogP contribution in [0.25, 0.3) is 20.8 Å². The van der Waals surface area contributed by atoms with Crippen LogP contribution in [0, 0.1) is 0 Å². The maximum Gasteiger partial charge on any atom is 0.255 e. The Kier molecular flexibility index (Phi) is 5.81. The molecule has 170 valence electrons. The fourth-order valence-corrected chi connectivity index (χ4v) is 4.50. The van der Waals surface area contributed by atoms with Crippen molar-refractivity contribution in [2.24, 2.45) is 0 Å². The van der Waals surface area contributed by atoms with Crippen LogP contribution in [-0.2, 0) is 4.79 Å². The molecule has 1 aliphatic carbocycles. The molecule has 1 heterocycles. The molecule has 1 fully saturated rings. The molecule has 0 spiro atoms. The lowest BCUT2D eigenvalue weighted by atomic mass is 10.1. The predicted octanol–water partition coefficient (Wildman–Crippen LogP) is 5.07. The summed E-state index contributed by atoms with van der Waals surface area (Å²) in [5.41, 5.74) is 4.21. The number of hydrogen-bond donors (Lipinski definition) is 3. The number of anilines is 2. The number of benzene rings is 3. The molecule has 3 aromatic carbocycles. The van der Waals surface area contributed by atoms with Crippen molar-refractivity contribution in [2.45, 2.75) is 25.8 Å². The fourth-order valence-electron chi connectivity index (χ4n) is 3.49. The van der Waals surface area contributed by atoms with E-state index in [0.717, 1.165) is 33.6 Å². The molecule has 3 N–H and O–H groups in total. The summed E-state index contributed by atoms with van der Waals surface area (Å²) in [4.78, 5) is 40.8. The van der Waals surface area contributed by atoms with E-state index in [1.165, 1.54) is 18.3 Å². The molecule has 0 atom stereocenters. The minimum Gasteiger partial charge on any atom is -0.349 e. The van der Waals surface area contributed by atoms with Crippen LogP contribution in [0.4, 0.5) is 11.4 Å². The molecule has 0 aliphatic heterocycles. The van der Waals surface area contributed by atoms with Crippen LogP contribution in [0.5, 0.6) is 0 Å². The van der Waals surface area contributed by atoms with Gasteiger partial charge >= 0.3 is 0 Å². The molecule has 4 aromatic rings. The van der Waals surface area contributed by atoms with Gasteiger partial charge in [0, 0.05) is 41.0 Å². The lowest BCUT2D eigenvalue weighted by molar-refractivity contribution is -0.114. The van der Waals surface area contributed by atoms with Crippen LogP contribution in [0.15, 0.2) is 66.7 Å². The van der Waals surface area contributed by atoms with E-state index in [-0.39, 0.29) is 17.7 Å². The van der Waals surface area contributed by atoms with Gasteiger partial charge in [0.1, 0.15) is 5.01 Å². The van der Waals surface area contributed by atoms with Gasteiger partial charge in [0.2, 0.25) is 5.91 Å². The van der Waals surface area contributed by atoms with Gasteiger partial charge in [0.05, 0.1) is 10.2 Å². The van der Waals surface area contributed by atoms with Crippen molar-refractivity contribution in [2.75, 3.05) is 10.6 Å². The standard InChI is InChI=1S/C26H22N4O3S/c1-15(31)27-19-7-9-21(10-8-19)29-25(33)18-6-13-22-23(14-18)34-26(30-22)17-4-2-16(3-5-17)24(32)28-20-11-12-20/h2-10,13-14,20H,11-12H2,1H3,(H,27,31)(H,28,32)(H,29,33). The first-order valence-electron chi connectivity index (χ1n) is 11.0. The van der Waals surface area contributed by atoms with Gasteiger partial charge in [-0.3, -0.25) is 14.4 Å². The van der Waals surface area contributed by atoms with Crippen molar-refractivity contribution < 1.29 is 14.4 Å². The maximum absolute atomic E-state index is 12.7. The Morgan fingerprint density at radius 2 is 1.47 bits per heavy atom. The van der Waals surface area contributed by atoms with Crippen LogP contribution in [-0.4, -0.2) is 28.7 Å². The third-order valence-electron chi connectivity index (χ3n) is 5.42. The second kappa shape index (κ2) is 9.07. The van der Waals surface area contributed by atoms with Gasteiger partial charge in [0.15, 0.2) is 0 Å². The number of carbonyl (C=O) groups excluding carboxylic acids is 3. The normalized spacial score (nSPS) is 12.9. The molecule has 1 aromatic heterocycles. The molecule has 1 aliphatic rings. The summed E-state index contributed by atoms with van der Waals surface area (Å²) >= 11 is 1.50. The van der Waals surface area contributed by atoms with E-state index in [4.69, 9.17) is 0 Å². The molecule has 5 rings (SSSR count). The molecular weight excluding hydrogens is 448 g/mol. The van der Waals surface area contributed by atoms with E-state index in [0.29, 0.717) is 28.5 Å². The largest absolute Gasteiger partial charge is 0.349 e. The number of thiazole rings is 1.